The number of benzene rings is 3. The van der Waals surface area contributed by atoms with Crippen molar-refractivity contribution in [3.63, 3.8) is 0 Å². The van der Waals surface area contributed by atoms with Crippen LogP contribution in [0.5, 0.6) is 0 Å². The van der Waals surface area contributed by atoms with Crippen LogP contribution >= 0.6 is 11.3 Å². The molecule has 3 nitrogen and oxygen atoms in total. The first-order valence-corrected chi connectivity index (χ1v) is 10.1. The Morgan fingerprint density at radius 2 is 1.72 bits per heavy atom. The second-order valence-electron chi connectivity index (χ2n) is 6.79. The first kappa shape index (κ1) is 19.0. The van der Waals surface area contributed by atoms with Crippen molar-refractivity contribution in [1.29, 1.82) is 0 Å². The third kappa shape index (κ3) is 4.58. The zero-order valence-corrected chi connectivity index (χ0v) is 16.7. The Hall–Kier alpha value is -3.31. The van der Waals surface area contributed by atoms with Crippen LogP contribution in [0.1, 0.15) is 21.5 Å². The summed E-state index contributed by atoms with van der Waals surface area (Å²) in [7, 11) is 0. The molecule has 0 aliphatic carbocycles. The van der Waals surface area contributed by atoms with E-state index in [4.69, 9.17) is 4.98 Å². The van der Waals surface area contributed by atoms with Crippen molar-refractivity contribution in [2.75, 3.05) is 0 Å². The maximum Gasteiger partial charge on any atom is 0.251 e. The van der Waals surface area contributed by atoms with Gasteiger partial charge in [0.15, 0.2) is 0 Å². The Kier molecular flexibility index (Phi) is 5.49. The summed E-state index contributed by atoms with van der Waals surface area (Å²) in [5.74, 6) is -0.716. The van der Waals surface area contributed by atoms with Crippen molar-refractivity contribution in [1.82, 2.24) is 10.3 Å². The number of nitrogens with one attached hydrogen (secondary N) is 1. The molecule has 0 unspecified atom stereocenters. The Morgan fingerprint density at radius 3 is 2.45 bits per heavy atom. The van der Waals surface area contributed by atoms with Crippen molar-refractivity contribution < 1.29 is 9.18 Å². The number of nitrogens with zero attached hydrogens (tertiary/aromatic N) is 1. The molecule has 0 saturated carbocycles. The van der Waals surface area contributed by atoms with Crippen LogP contribution in [0.25, 0.3) is 21.8 Å². The standard InChI is InChI=1S/C24H19FN2OS/c1-16-5-9-18(10-6-16)22-15-29-24(27-22)19-11-7-17(8-12-19)14-26-23(28)20-3-2-4-21(25)13-20/h2-13,15H,14H2,1H3,(H,26,28). The lowest BCUT2D eigenvalue weighted by atomic mass is 10.1. The SMILES string of the molecule is Cc1ccc(-c2csc(-c3ccc(CNC(=O)c4cccc(F)c4)cc3)n2)cc1. The van der Waals surface area contributed by atoms with E-state index in [0.717, 1.165) is 27.4 Å². The second-order valence-corrected chi connectivity index (χ2v) is 7.65. The van der Waals surface area contributed by atoms with E-state index in [1.807, 2.05) is 24.3 Å². The van der Waals surface area contributed by atoms with Gasteiger partial charge in [0.2, 0.25) is 0 Å². The van der Waals surface area contributed by atoms with Gasteiger partial charge in [-0.25, -0.2) is 9.37 Å². The summed E-state index contributed by atoms with van der Waals surface area (Å²) in [6.07, 6.45) is 0. The van der Waals surface area contributed by atoms with E-state index in [1.165, 1.54) is 23.8 Å². The lowest BCUT2D eigenvalue weighted by Gasteiger charge is -2.06. The molecule has 1 aromatic heterocycles. The number of hydrogen-bond donors (Lipinski definition) is 1. The molecule has 0 spiro atoms. The summed E-state index contributed by atoms with van der Waals surface area (Å²) in [4.78, 5) is 16.9. The third-order valence-corrected chi connectivity index (χ3v) is 5.48. The fourth-order valence-electron chi connectivity index (χ4n) is 2.94. The summed E-state index contributed by atoms with van der Waals surface area (Å²) in [5.41, 5.74) is 5.62. The van der Waals surface area contributed by atoms with E-state index in [9.17, 15) is 9.18 Å². The van der Waals surface area contributed by atoms with Gasteiger partial charge < -0.3 is 5.32 Å². The van der Waals surface area contributed by atoms with Crippen LogP contribution in [-0.4, -0.2) is 10.9 Å². The molecule has 4 rings (SSSR count). The van der Waals surface area contributed by atoms with Gasteiger partial charge in [-0.15, -0.1) is 11.3 Å². The summed E-state index contributed by atoms with van der Waals surface area (Å²) in [5, 5.41) is 5.83. The van der Waals surface area contributed by atoms with E-state index in [-0.39, 0.29) is 5.91 Å². The molecule has 0 radical (unpaired) electrons. The van der Waals surface area contributed by atoms with Crippen molar-refractivity contribution >= 4 is 17.2 Å². The Balaban J connectivity index is 1.42. The van der Waals surface area contributed by atoms with Gasteiger partial charge >= 0.3 is 0 Å². The zero-order chi connectivity index (χ0) is 20.2. The summed E-state index contributed by atoms with van der Waals surface area (Å²) in [6, 6.07) is 21.9. The van der Waals surface area contributed by atoms with Gasteiger partial charge in [-0.3, -0.25) is 4.79 Å². The molecule has 3 aromatic carbocycles. The molecular weight excluding hydrogens is 383 g/mol. The molecule has 0 bridgehead atoms. The quantitative estimate of drug-likeness (QED) is 0.455. The molecule has 1 heterocycles. The average Bonchev–Trinajstić information content (AvgIpc) is 3.23. The number of aryl methyl sites for hydroxylation is 1. The highest BCUT2D eigenvalue weighted by atomic mass is 32.1. The lowest BCUT2D eigenvalue weighted by Crippen LogP contribution is -2.22. The molecular formula is C24H19FN2OS. The van der Waals surface area contributed by atoms with Gasteiger partial charge in [0, 0.05) is 28.6 Å². The van der Waals surface area contributed by atoms with Crippen LogP contribution in [0, 0.1) is 12.7 Å². The fraction of sp³-hybridized carbons (Fsp3) is 0.0833. The van der Waals surface area contributed by atoms with Crippen LogP contribution in [0.15, 0.2) is 78.2 Å². The Bertz CT molecular complexity index is 1130. The minimum Gasteiger partial charge on any atom is -0.348 e. The number of aromatic nitrogens is 1. The lowest BCUT2D eigenvalue weighted by molar-refractivity contribution is 0.0950. The zero-order valence-electron chi connectivity index (χ0n) is 15.9. The van der Waals surface area contributed by atoms with Crippen molar-refractivity contribution in [3.05, 3.63) is 101 Å². The van der Waals surface area contributed by atoms with Gasteiger partial charge in [-0.2, -0.15) is 0 Å². The average molecular weight is 402 g/mol. The van der Waals surface area contributed by atoms with Gasteiger partial charge in [0.1, 0.15) is 10.8 Å². The molecule has 0 aliphatic rings. The van der Waals surface area contributed by atoms with Gasteiger partial charge in [0.25, 0.3) is 5.91 Å². The molecule has 5 heteroatoms. The minimum absolute atomic E-state index is 0.295. The predicted molar refractivity (Wildman–Crippen MR) is 115 cm³/mol. The Morgan fingerprint density at radius 1 is 1.00 bits per heavy atom. The van der Waals surface area contributed by atoms with E-state index in [2.05, 4.69) is 41.9 Å². The molecule has 1 N–H and O–H groups in total. The summed E-state index contributed by atoms with van der Waals surface area (Å²) < 4.78 is 13.2. The largest absolute Gasteiger partial charge is 0.348 e. The highest BCUT2D eigenvalue weighted by Crippen LogP contribution is 2.29. The maximum absolute atomic E-state index is 13.2. The number of carbonyl (C=O) groups is 1. The normalized spacial score (nSPS) is 10.7. The van der Waals surface area contributed by atoms with Crippen LogP contribution in [0.2, 0.25) is 0 Å². The van der Waals surface area contributed by atoms with Crippen molar-refractivity contribution in [2.24, 2.45) is 0 Å². The van der Waals surface area contributed by atoms with Crippen LogP contribution < -0.4 is 5.32 Å². The smallest absolute Gasteiger partial charge is 0.251 e. The highest BCUT2D eigenvalue weighted by Gasteiger charge is 2.08. The first-order chi connectivity index (χ1) is 14.1. The van der Waals surface area contributed by atoms with Crippen molar-refractivity contribution in [3.8, 4) is 21.8 Å². The van der Waals surface area contributed by atoms with Crippen LogP contribution in [-0.2, 0) is 6.54 Å². The molecule has 0 saturated heterocycles. The van der Waals surface area contributed by atoms with Gasteiger partial charge in [0.05, 0.1) is 5.69 Å². The topological polar surface area (TPSA) is 42.0 Å². The first-order valence-electron chi connectivity index (χ1n) is 9.24. The summed E-state index contributed by atoms with van der Waals surface area (Å²) >= 11 is 1.61. The van der Waals surface area contributed by atoms with Gasteiger partial charge in [-0.05, 0) is 30.7 Å². The number of hydrogen-bond acceptors (Lipinski definition) is 3. The van der Waals surface area contributed by atoms with Crippen LogP contribution in [0.3, 0.4) is 0 Å². The number of halogens is 1. The highest BCUT2D eigenvalue weighted by molar-refractivity contribution is 7.13. The molecule has 4 aromatic rings. The monoisotopic (exact) mass is 402 g/mol. The number of amides is 1. The number of rotatable bonds is 5. The van der Waals surface area contributed by atoms with E-state index < -0.39 is 5.82 Å². The van der Waals surface area contributed by atoms with E-state index in [0.29, 0.717) is 12.1 Å². The molecule has 29 heavy (non-hydrogen) atoms. The second kappa shape index (κ2) is 8.37. The molecule has 0 aliphatic heterocycles. The molecule has 0 fully saturated rings. The predicted octanol–water partition coefficient (Wildman–Crippen LogP) is 5.85. The number of thiazole rings is 1. The van der Waals surface area contributed by atoms with E-state index in [1.54, 1.807) is 17.4 Å². The number of carbonyl (C=O) groups excluding carboxylic acids is 1. The molecule has 1 amide bonds. The third-order valence-electron chi connectivity index (χ3n) is 4.59. The molecule has 0 atom stereocenters. The minimum atomic E-state index is -0.421. The molecule has 144 valence electrons. The maximum atomic E-state index is 13.2. The van der Waals surface area contributed by atoms with Gasteiger partial charge in [-0.1, -0.05) is 60.2 Å². The van der Waals surface area contributed by atoms with Crippen molar-refractivity contribution in [2.45, 2.75) is 13.5 Å². The fourth-order valence-corrected chi connectivity index (χ4v) is 3.78. The van der Waals surface area contributed by atoms with E-state index >= 15 is 0 Å². The summed E-state index contributed by atoms with van der Waals surface area (Å²) in [6.45, 7) is 2.44. The Labute approximate surface area is 172 Å². The van der Waals surface area contributed by atoms with Crippen LogP contribution in [0.4, 0.5) is 4.39 Å².